The summed E-state index contributed by atoms with van der Waals surface area (Å²) in [5.41, 5.74) is 1.65. The van der Waals surface area contributed by atoms with Crippen molar-refractivity contribution in [3.05, 3.63) is 29.8 Å². The fourth-order valence-corrected chi connectivity index (χ4v) is 3.45. The quantitative estimate of drug-likeness (QED) is 0.871. The predicted octanol–water partition coefficient (Wildman–Crippen LogP) is 3.00. The van der Waals surface area contributed by atoms with Crippen molar-refractivity contribution in [2.45, 2.75) is 32.3 Å². The summed E-state index contributed by atoms with van der Waals surface area (Å²) in [5.74, 6) is 1.44. The lowest BCUT2D eigenvalue weighted by atomic mass is 10.0. The smallest absolute Gasteiger partial charge is 0.321 e. The third-order valence-corrected chi connectivity index (χ3v) is 4.66. The second kappa shape index (κ2) is 5.44. The van der Waals surface area contributed by atoms with Gasteiger partial charge < -0.3 is 15.3 Å². The summed E-state index contributed by atoms with van der Waals surface area (Å²) < 4.78 is 0. The molecule has 1 saturated heterocycles. The van der Waals surface area contributed by atoms with Crippen LogP contribution >= 0.6 is 0 Å². The lowest BCUT2D eigenvalue weighted by Gasteiger charge is -2.18. The summed E-state index contributed by atoms with van der Waals surface area (Å²) in [6, 6.07) is 7.38. The Kier molecular flexibility index (Phi) is 3.66. The number of aliphatic hydroxyl groups excluding tert-OH is 1. The molecule has 3 rings (SSSR count). The van der Waals surface area contributed by atoms with E-state index in [4.69, 9.17) is 0 Å². The molecule has 1 aromatic carbocycles. The summed E-state index contributed by atoms with van der Waals surface area (Å²) in [6.45, 7) is 3.54. The SMILES string of the molecule is CC(O)c1ccc(NC(=O)N2CC3CCCC3C2)cc1. The number of nitrogens with one attached hydrogen (secondary N) is 1. The van der Waals surface area contributed by atoms with Gasteiger partial charge in [-0.05, 0) is 49.3 Å². The average Bonchev–Trinajstić information content (AvgIpc) is 2.99. The number of hydrogen-bond acceptors (Lipinski definition) is 2. The van der Waals surface area contributed by atoms with Gasteiger partial charge in [0.05, 0.1) is 6.10 Å². The van der Waals surface area contributed by atoms with Gasteiger partial charge in [0.15, 0.2) is 0 Å². The van der Waals surface area contributed by atoms with Crippen LogP contribution in [0.4, 0.5) is 10.5 Å². The largest absolute Gasteiger partial charge is 0.389 e. The third kappa shape index (κ3) is 2.66. The summed E-state index contributed by atoms with van der Waals surface area (Å²) in [7, 11) is 0. The van der Waals surface area contributed by atoms with Gasteiger partial charge in [0.25, 0.3) is 0 Å². The van der Waals surface area contributed by atoms with Crippen LogP contribution in [-0.2, 0) is 0 Å². The molecule has 1 saturated carbocycles. The van der Waals surface area contributed by atoms with Gasteiger partial charge in [0, 0.05) is 18.8 Å². The van der Waals surface area contributed by atoms with Gasteiger partial charge >= 0.3 is 6.03 Å². The standard InChI is InChI=1S/C16H22N2O2/c1-11(19)12-5-7-15(8-6-12)17-16(20)18-9-13-3-2-4-14(13)10-18/h5-8,11,13-14,19H,2-4,9-10H2,1H3,(H,17,20). The molecule has 2 N–H and O–H groups in total. The molecule has 1 aromatic rings. The van der Waals surface area contributed by atoms with Gasteiger partial charge in [0.2, 0.25) is 0 Å². The number of likely N-dealkylation sites (tertiary alicyclic amines) is 1. The number of carbonyl (C=O) groups excluding carboxylic acids is 1. The Morgan fingerprint density at radius 2 is 1.85 bits per heavy atom. The highest BCUT2D eigenvalue weighted by molar-refractivity contribution is 5.89. The Labute approximate surface area is 119 Å². The zero-order valence-electron chi connectivity index (χ0n) is 11.9. The minimum Gasteiger partial charge on any atom is -0.389 e. The van der Waals surface area contributed by atoms with Crippen molar-refractivity contribution in [3.63, 3.8) is 0 Å². The normalized spacial score (nSPS) is 26.4. The first kappa shape index (κ1) is 13.4. The number of fused-ring (bicyclic) bond motifs is 1. The fourth-order valence-electron chi connectivity index (χ4n) is 3.45. The Morgan fingerprint density at radius 3 is 2.40 bits per heavy atom. The van der Waals surface area contributed by atoms with Crippen LogP contribution in [0.3, 0.4) is 0 Å². The van der Waals surface area contributed by atoms with Crippen molar-refractivity contribution in [2.75, 3.05) is 18.4 Å². The van der Waals surface area contributed by atoms with E-state index in [1.54, 1.807) is 6.92 Å². The van der Waals surface area contributed by atoms with E-state index in [1.165, 1.54) is 19.3 Å². The van der Waals surface area contributed by atoms with Gasteiger partial charge in [0.1, 0.15) is 0 Å². The van der Waals surface area contributed by atoms with Crippen LogP contribution in [0.2, 0.25) is 0 Å². The number of anilines is 1. The molecule has 0 aromatic heterocycles. The van der Waals surface area contributed by atoms with Gasteiger partial charge in [-0.15, -0.1) is 0 Å². The van der Waals surface area contributed by atoms with Crippen molar-refractivity contribution in [1.29, 1.82) is 0 Å². The Balaban J connectivity index is 1.59. The molecule has 3 unspecified atom stereocenters. The van der Waals surface area contributed by atoms with Crippen LogP contribution in [-0.4, -0.2) is 29.1 Å². The van der Waals surface area contributed by atoms with Crippen LogP contribution < -0.4 is 5.32 Å². The van der Waals surface area contributed by atoms with Crippen LogP contribution in [0.1, 0.15) is 37.9 Å². The molecule has 0 spiro atoms. The maximum absolute atomic E-state index is 12.2. The molecule has 108 valence electrons. The zero-order chi connectivity index (χ0) is 14.1. The van der Waals surface area contributed by atoms with E-state index in [-0.39, 0.29) is 6.03 Å². The molecule has 0 bridgehead atoms. The molecule has 1 aliphatic heterocycles. The average molecular weight is 274 g/mol. The van der Waals surface area contributed by atoms with Gasteiger partial charge in [-0.25, -0.2) is 4.79 Å². The number of nitrogens with zero attached hydrogens (tertiary/aromatic N) is 1. The fraction of sp³-hybridized carbons (Fsp3) is 0.562. The summed E-state index contributed by atoms with van der Waals surface area (Å²) in [4.78, 5) is 14.2. The van der Waals surface area contributed by atoms with Crippen molar-refractivity contribution in [2.24, 2.45) is 11.8 Å². The molecule has 2 aliphatic rings. The van der Waals surface area contributed by atoms with E-state index < -0.39 is 6.10 Å². The molecule has 2 amide bonds. The molecular weight excluding hydrogens is 252 g/mol. The first-order chi connectivity index (χ1) is 9.63. The molecule has 0 radical (unpaired) electrons. The third-order valence-electron chi connectivity index (χ3n) is 4.66. The first-order valence-electron chi connectivity index (χ1n) is 7.47. The lowest BCUT2D eigenvalue weighted by Crippen LogP contribution is -2.33. The number of carbonyl (C=O) groups is 1. The predicted molar refractivity (Wildman–Crippen MR) is 78.5 cm³/mol. The number of urea groups is 1. The van der Waals surface area contributed by atoms with Gasteiger partial charge in [-0.1, -0.05) is 18.6 Å². The Morgan fingerprint density at radius 1 is 1.25 bits per heavy atom. The summed E-state index contributed by atoms with van der Waals surface area (Å²) in [6.07, 6.45) is 3.40. The topological polar surface area (TPSA) is 52.6 Å². The van der Waals surface area contributed by atoms with E-state index in [1.807, 2.05) is 29.2 Å². The van der Waals surface area contributed by atoms with Crippen LogP contribution in [0, 0.1) is 11.8 Å². The minimum absolute atomic E-state index is 0.00389. The molecule has 1 heterocycles. The van der Waals surface area contributed by atoms with Crippen LogP contribution in [0.5, 0.6) is 0 Å². The number of amides is 2. The highest BCUT2D eigenvalue weighted by atomic mass is 16.3. The highest BCUT2D eigenvalue weighted by Crippen LogP contribution is 2.37. The van der Waals surface area contributed by atoms with Crippen molar-refractivity contribution in [1.82, 2.24) is 4.90 Å². The maximum Gasteiger partial charge on any atom is 0.321 e. The summed E-state index contributed by atoms with van der Waals surface area (Å²) in [5, 5.41) is 12.4. The van der Waals surface area contributed by atoms with Crippen molar-refractivity contribution in [3.8, 4) is 0 Å². The maximum atomic E-state index is 12.2. The lowest BCUT2D eigenvalue weighted by molar-refractivity contribution is 0.199. The molecule has 20 heavy (non-hydrogen) atoms. The van der Waals surface area contributed by atoms with Gasteiger partial charge in [-0.2, -0.15) is 0 Å². The number of rotatable bonds is 2. The van der Waals surface area contributed by atoms with E-state index >= 15 is 0 Å². The molecule has 1 aliphatic carbocycles. The summed E-state index contributed by atoms with van der Waals surface area (Å²) >= 11 is 0. The second-order valence-electron chi connectivity index (χ2n) is 6.08. The first-order valence-corrected chi connectivity index (χ1v) is 7.47. The van der Waals surface area contributed by atoms with Crippen LogP contribution in [0.25, 0.3) is 0 Å². The number of benzene rings is 1. The van der Waals surface area contributed by atoms with Gasteiger partial charge in [-0.3, -0.25) is 0 Å². The molecule has 4 nitrogen and oxygen atoms in total. The molecular formula is C16H22N2O2. The number of aliphatic hydroxyl groups is 1. The molecule has 2 fully saturated rings. The Hall–Kier alpha value is -1.55. The van der Waals surface area contributed by atoms with Crippen molar-refractivity contribution < 1.29 is 9.90 Å². The molecule has 4 heteroatoms. The van der Waals surface area contributed by atoms with Crippen LogP contribution in [0.15, 0.2) is 24.3 Å². The second-order valence-corrected chi connectivity index (χ2v) is 6.08. The van der Waals surface area contributed by atoms with Crippen molar-refractivity contribution >= 4 is 11.7 Å². The van der Waals surface area contributed by atoms with E-state index in [9.17, 15) is 9.90 Å². The number of hydrogen-bond donors (Lipinski definition) is 2. The minimum atomic E-state index is -0.474. The van der Waals surface area contributed by atoms with E-state index in [2.05, 4.69) is 5.32 Å². The molecule has 3 atom stereocenters. The monoisotopic (exact) mass is 274 g/mol. The Bertz CT molecular complexity index is 472. The highest BCUT2D eigenvalue weighted by Gasteiger charge is 2.37. The van der Waals surface area contributed by atoms with E-state index in [0.29, 0.717) is 0 Å². The van der Waals surface area contributed by atoms with E-state index in [0.717, 1.165) is 36.2 Å². The zero-order valence-corrected chi connectivity index (χ0v) is 11.9.